The first-order chi connectivity index (χ1) is 9.96. The lowest BCUT2D eigenvalue weighted by Crippen LogP contribution is -2.16. The predicted molar refractivity (Wildman–Crippen MR) is 77.4 cm³/mol. The molecule has 0 bridgehead atoms. The van der Waals surface area contributed by atoms with Crippen molar-refractivity contribution >= 4 is 27.6 Å². The van der Waals surface area contributed by atoms with Crippen LogP contribution in [0, 0.1) is 0 Å². The highest BCUT2D eigenvalue weighted by Crippen LogP contribution is 2.29. The van der Waals surface area contributed by atoms with Crippen LogP contribution in [0.15, 0.2) is 35.4 Å². The first kappa shape index (κ1) is 15.3. The van der Waals surface area contributed by atoms with Crippen molar-refractivity contribution < 1.29 is 17.9 Å². The Morgan fingerprint density at radius 2 is 1.95 bits per heavy atom. The van der Waals surface area contributed by atoms with Crippen LogP contribution in [0.25, 0.3) is 0 Å². The quantitative estimate of drug-likeness (QED) is 0.843. The molecule has 7 nitrogen and oxygen atoms in total. The zero-order valence-corrected chi connectivity index (χ0v) is 12.8. The van der Waals surface area contributed by atoms with Crippen molar-refractivity contribution in [3.63, 3.8) is 0 Å². The number of anilines is 1. The summed E-state index contributed by atoms with van der Waals surface area (Å²) in [4.78, 5) is 7.47. The van der Waals surface area contributed by atoms with Crippen LogP contribution in [-0.2, 0) is 10.0 Å². The van der Waals surface area contributed by atoms with Gasteiger partial charge in [0.05, 0.1) is 14.2 Å². The van der Waals surface area contributed by atoms with Crippen molar-refractivity contribution in [1.29, 1.82) is 0 Å². The number of ether oxygens (including phenoxy) is 2. The van der Waals surface area contributed by atoms with Gasteiger partial charge in [0.1, 0.15) is 21.5 Å². The highest BCUT2D eigenvalue weighted by Gasteiger charge is 2.21. The topological polar surface area (TPSA) is 90.4 Å². The third-order valence-electron chi connectivity index (χ3n) is 2.51. The summed E-state index contributed by atoms with van der Waals surface area (Å²) >= 11 is 5.70. The number of aromatic nitrogens is 2. The molecule has 0 aliphatic heterocycles. The Balaban J connectivity index is 2.43. The molecule has 1 N–H and O–H groups in total. The summed E-state index contributed by atoms with van der Waals surface area (Å²) in [5.74, 6) is 0.417. The zero-order valence-electron chi connectivity index (χ0n) is 11.2. The molecule has 2 aromatic rings. The summed E-state index contributed by atoms with van der Waals surface area (Å²) in [6.07, 6.45) is 1.34. The fourth-order valence-electron chi connectivity index (χ4n) is 1.56. The van der Waals surface area contributed by atoms with Crippen LogP contribution in [0.1, 0.15) is 0 Å². The number of sulfonamides is 1. The Bertz CT molecular complexity index is 752. The number of hydrogen-bond acceptors (Lipinski definition) is 6. The second kappa shape index (κ2) is 6.15. The summed E-state index contributed by atoms with van der Waals surface area (Å²) in [6, 6.07) is 5.86. The van der Waals surface area contributed by atoms with Gasteiger partial charge in [0.2, 0.25) is 5.95 Å². The van der Waals surface area contributed by atoms with Gasteiger partial charge in [0.15, 0.2) is 0 Å². The van der Waals surface area contributed by atoms with Gasteiger partial charge in [-0.25, -0.2) is 23.1 Å². The minimum Gasteiger partial charge on any atom is -0.497 e. The van der Waals surface area contributed by atoms with Crippen LogP contribution >= 0.6 is 11.6 Å². The smallest absolute Gasteiger partial charge is 0.268 e. The van der Waals surface area contributed by atoms with Gasteiger partial charge in [-0.3, -0.25) is 0 Å². The first-order valence-electron chi connectivity index (χ1n) is 5.69. The van der Waals surface area contributed by atoms with Gasteiger partial charge in [0, 0.05) is 12.3 Å². The maximum absolute atomic E-state index is 12.4. The molecule has 1 aromatic heterocycles. The summed E-state index contributed by atoms with van der Waals surface area (Å²) < 4.78 is 37.1. The molecule has 1 heterocycles. The molecule has 0 aliphatic rings. The molecule has 9 heteroatoms. The van der Waals surface area contributed by atoms with Gasteiger partial charge in [-0.15, -0.1) is 0 Å². The lowest BCUT2D eigenvalue weighted by atomic mass is 10.3. The Hall–Kier alpha value is -2.06. The van der Waals surface area contributed by atoms with Crippen LogP contribution in [0.2, 0.25) is 5.15 Å². The molecule has 112 valence electrons. The van der Waals surface area contributed by atoms with E-state index in [1.54, 1.807) is 6.07 Å². The third kappa shape index (κ3) is 3.53. The molecular weight excluding hydrogens is 318 g/mol. The molecular formula is C12H12ClN3O4S. The van der Waals surface area contributed by atoms with Crippen LogP contribution in [0.4, 0.5) is 5.95 Å². The third-order valence-corrected chi connectivity index (χ3v) is 4.07. The minimum atomic E-state index is -3.94. The fourth-order valence-corrected chi connectivity index (χ4v) is 2.83. The summed E-state index contributed by atoms with van der Waals surface area (Å²) in [6.45, 7) is 0. The molecule has 0 unspecified atom stereocenters. The van der Waals surface area contributed by atoms with Gasteiger partial charge in [-0.2, -0.15) is 0 Å². The number of nitrogens with zero attached hydrogens (tertiary/aromatic N) is 2. The molecule has 1 aromatic carbocycles. The van der Waals surface area contributed by atoms with E-state index in [0.717, 1.165) is 0 Å². The van der Waals surface area contributed by atoms with Crippen molar-refractivity contribution in [2.75, 3.05) is 18.9 Å². The van der Waals surface area contributed by atoms with Gasteiger partial charge in [-0.1, -0.05) is 11.6 Å². The van der Waals surface area contributed by atoms with Crippen LogP contribution < -0.4 is 14.2 Å². The van der Waals surface area contributed by atoms with E-state index in [1.807, 2.05) is 0 Å². The number of rotatable bonds is 5. The van der Waals surface area contributed by atoms with E-state index in [2.05, 4.69) is 14.7 Å². The molecule has 21 heavy (non-hydrogen) atoms. The van der Waals surface area contributed by atoms with Crippen LogP contribution in [0.3, 0.4) is 0 Å². The number of nitrogens with one attached hydrogen (secondary N) is 1. The SMILES string of the molecule is COc1ccc(OC)c(S(=O)(=O)Nc2nccc(Cl)n2)c1. The van der Waals surface area contributed by atoms with Crippen molar-refractivity contribution in [3.05, 3.63) is 35.6 Å². The Morgan fingerprint density at radius 1 is 1.19 bits per heavy atom. The largest absolute Gasteiger partial charge is 0.497 e. The van der Waals surface area contributed by atoms with Crippen molar-refractivity contribution in [2.24, 2.45) is 0 Å². The van der Waals surface area contributed by atoms with Crippen LogP contribution in [-0.4, -0.2) is 32.6 Å². The fraction of sp³-hybridized carbons (Fsp3) is 0.167. The van der Waals surface area contributed by atoms with Gasteiger partial charge in [0.25, 0.3) is 10.0 Å². The molecule has 0 saturated carbocycles. The molecule has 0 atom stereocenters. The summed E-state index contributed by atoms with van der Waals surface area (Å²) in [7, 11) is -1.14. The van der Waals surface area contributed by atoms with Crippen molar-refractivity contribution in [1.82, 2.24) is 9.97 Å². The number of hydrogen-bond donors (Lipinski definition) is 1. The Labute approximate surface area is 126 Å². The standard InChI is InChI=1S/C12H12ClN3O4S/c1-19-8-3-4-9(20-2)10(7-8)21(17,18)16-12-14-6-5-11(13)15-12/h3-7H,1-2H3,(H,14,15,16). The monoisotopic (exact) mass is 329 g/mol. The van der Waals surface area contributed by atoms with E-state index in [1.165, 1.54) is 38.6 Å². The van der Waals surface area contributed by atoms with Crippen molar-refractivity contribution in [2.45, 2.75) is 4.90 Å². The normalized spacial score (nSPS) is 11.0. The Kier molecular flexibility index (Phi) is 4.49. The Morgan fingerprint density at radius 3 is 2.57 bits per heavy atom. The molecule has 0 amide bonds. The number of halogens is 1. The molecule has 0 spiro atoms. The maximum Gasteiger partial charge on any atom is 0.268 e. The van der Waals surface area contributed by atoms with E-state index >= 15 is 0 Å². The van der Waals surface area contributed by atoms with Crippen molar-refractivity contribution in [3.8, 4) is 11.5 Å². The van der Waals surface area contributed by atoms with Crippen LogP contribution in [0.5, 0.6) is 11.5 Å². The van der Waals surface area contributed by atoms with E-state index in [4.69, 9.17) is 21.1 Å². The second-order valence-electron chi connectivity index (χ2n) is 3.83. The summed E-state index contributed by atoms with van der Waals surface area (Å²) in [5.41, 5.74) is 0. The lowest BCUT2D eigenvalue weighted by molar-refractivity contribution is 0.392. The molecule has 0 aliphatic carbocycles. The second-order valence-corrected chi connectivity index (χ2v) is 5.86. The van der Waals surface area contributed by atoms with E-state index in [-0.39, 0.29) is 21.7 Å². The lowest BCUT2D eigenvalue weighted by Gasteiger charge is -2.11. The zero-order chi connectivity index (χ0) is 15.5. The van der Waals surface area contributed by atoms with E-state index < -0.39 is 10.0 Å². The maximum atomic E-state index is 12.4. The van der Waals surface area contributed by atoms with Gasteiger partial charge >= 0.3 is 0 Å². The summed E-state index contributed by atoms with van der Waals surface area (Å²) in [5, 5.41) is 0.125. The number of benzene rings is 1. The average molecular weight is 330 g/mol. The molecule has 0 saturated heterocycles. The van der Waals surface area contributed by atoms with Gasteiger partial charge in [-0.05, 0) is 18.2 Å². The first-order valence-corrected chi connectivity index (χ1v) is 7.56. The van der Waals surface area contributed by atoms with E-state index in [0.29, 0.717) is 5.75 Å². The molecule has 0 radical (unpaired) electrons. The molecule has 2 rings (SSSR count). The van der Waals surface area contributed by atoms with Gasteiger partial charge < -0.3 is 9.47 Å². The predicted octanol–water partition coefficient (Wildman–Crippen LogP) is 1.95. The van der Waals surface area contributed by atoms with E-state index in [9.17, 15) is 8.42 Å². The minimum absolute atomic E-state index is 0.0899. The highest BCUT2D eigenvalue weighted by molar-refractivity contribution is 7.92. The average Bonchev–Trinajstić information content (AvgIpc) is 2.46. The number of methoxy groups -OCH3 is 2. The highest BCUT2D eigenvalue weighted by atomic mass is 35.5. The molecule has 0 fully saturated rings.